The fraction of sp³-hybridized carbons (Fsp3) is 0.217. The summed E-state index contributed by atoms with van der Waals surface area (Å²) in [5.41, 5.74) is -0.413. The summed E-state index contributed by atoms with van der Waals surface area (Å²) in [6.45, 7) is 1.12. The summed E-state index contributed by atoms with van der Waals surface area (Å²) in [5, 5.41) is 4.06. The van der Waals surface area contributed by atoms with E-state index in [9.17, 15) is 27.2 Å². The highest BCUT2D eigenvalue weighted by atomic mass is 19.4. The number of rotatable bonds is 2. The summed E-state index contributed by atoms with van der Waals surface area (Å²) in [5.74, 6) is -1.26. The van der Waals surface area contributed by atoms with Crippen molar-refractivity contribution in [3.8, 4) is 11.1 Å². The summed E-state index contributed by atoms with van der Waals surface area (Å²) in [4.78, 5) is 25.9. The van der Waals surface area contributed by atoms with Gasteiger partial charge in [0.05, 0.1) is 5.56 Å². The predicted octanol–water partition coefficient (Wildman–Crippen LogP) is 4.63. The number of halogens is 4. The molecule has 1 saturated heterocycles. The van der Waals surface area contributed by atoms with Crippen LogP contribution in [0.15, 0.2) is 54.6 Å². The largest absolute Gasteiger partial charge is 0.417 e. The van der Waals surface area contributed by atoms with Crippen LogP contribution in [0.2, 0.25) is 0 Å². The highest BCUT2D eigenvalue weighted by molar-refractivity contribution is 5.99. The minimum Gasteiger partial charge on any atom is -0.354 e. The highest BCUT2D eigenvalue weighted by Crippen LogP contribution is 2.38. The van der Waals surface area contributed by atoms with Crippen molar-refractivity contribution in [2.45, 2.75) is 12.6 Å². The van der Waals surface area contributed by atoms with Gasteiger partial charge in [0.25, 0.3) is 5.91 Å². The Kier molecular flexibility index (Phi) is 5.39. The molecule has 3 aromatic carbocycles. The lowest BCUT2D eigenvalue weighted by Crippen LogP contribution is -2.34. The lowest BCUT2D eigenvalue weighted by molar-refractivity contribution is -0.137. The van der Waals surface area contributed by atoms with Gasteiger partial charge in [0.15, 0.2) is 0 Å². The van der Waals surface area contributed by atoms with Crippen LogP contribution in [0.3, 0.4) is 0 Å². The quantitative estimate of drug-likeness (QED) is 0.603. The zero-order valence-electron chi connectivity index (χ0n) is 16.3. The van der Waals surface area contributed by atoms with Gasteiger partial charge in [0, 0.05) is 31.6 Å². The first kappa shape index (κ1) is 20.8. The van der Waals surface area contributed by atoms with Gasteiger partial charge in [-0.15, -0.1) is 0 Å². The molecular weight excluding hydrogens is 412 g/mol. The van der Waals surface area contributed by atoms with E-state index in [1.165, 1.54) is 6.07 Å². The number of hydrogen-bond donors (Lipinski definition) is 1. The molecule has 8 heteroatoms. The molecule has 3 aromatic rings. The van der Waals surface area contributed by atoms with Crippen molar-refractivity contribution in [1.29, 1.82) is 0 Å². The molecule has 31 heavy (non-hydrogen) atoms. The molecule has 0 spiro atoms. The second kappa shape index (κ2) is 8.02. The second-order valence-electron chi connectivity index (χ2n) is 7.36. The Labute approximate surface area is 175 Å². The van der Waals surface area contributed by atoms with Crippen LogP contribution in [0.25, 0.3) is 21.9 Å². The third-order valence-electron chi connectivity index (χ3n) is 5.29. The van der Waals surface area contributed by atoms with Crippen LogP contribution in [0.4, 0.5) is 17.6 Å². The summed E-state index contributed by atoms with van der Waals surface area (Å²) < 4.78 is 53.5. The molecule has 0 bridgehead atoms. The Bertz CT molecular complexity index is 1170. The minimum absolute atomic E-state index is 0.0969. The molecule has 1 aliphatic rings. The number of carbonyl (C=O) groups excluding carboxylic acids is 2. The molecular formula is C23H18F4N2O2. The molecule has 1 aliphatic heterocycles. The van der Waals surface area contributed by atoms with Gasteiger partial charge < -0.3 is 10.2 Å². The maximum atomic E-state index is 13.4. The van der Waals surface area contributed by atoms with Crippen LogP contribution in [-0.2, 0) is 11.0 Å². The number of carbonyl (C=O) groups is 2. The monoisotopic (exact) mass is 430 g/mol. The number of amides is 2. The van der Waals surface area contributed by atoms with E-state index < -0.39 is 17.6 Å². The normalized spacial score (nSPS) is 15.0. The van der Waals surface area contributed by atoms with E-state index in [0.29, 0.717) is 47.6 Å². The average Bonchev–Trinajstić information content (AvgIpc) is 2.96. The molecule has 4 nitrogen and oxygen atoms in total. The zero-order valence-corrected chi connectivity index (χ0v) is 16.3. The molecule has 0 atom stereocenters. The van der Waals surface area contributed by atoms with Gasteiger partial charge in [-0.1, -0.05) is 24.3 Å². The topological polar surface area (TPSA) is 49.4 Å². The third kappa shape index (κ3) is 4.38. The number of alkyl halides is 3. The maximum absolute atomic E-state index is 13.4. The van der Waals surface area contributed by atoms with E-state index in [-0.39, 0.29) is 23.8 Å². The molecule has 1 heterocycles. The maximum Gasteiger partial charge on any atom is 0.417 e. The van der Waals surface area contributed by atoms with Crippen molar-refractivity contribution in [2.24, 2.45) is 0 Å². The summed E-state index contributed by atoms with van der Waals surface area (Å²) in [6, 6.07) is 12.3. The molecule has 0 aliphatic carbocycles. The van der Waals surface area contributed by atoms with Crippen LogP contribution in [0.5, 0.6) is 0 Å². The van der Waals surface area contributed by atoms with Gasteiger partial charge >= 0.3 is 6.18 Å². The first-order valence-corrected chi connectivity index (χ1v) is 9.69. The number of nitrogens with zero attached hydrogens (tertiary/aromatic N) is 1. The number of nitrogens with one attached hydrogen (secondary N) is 1. The fourth-order valence-corrected chi connectivity index (χ4v) is 3.70. The van der Waals surface area contributed by atoms with Crippen molar-refractivity contribution in [2.75, 3.05) is 19.6 Å². The molecule has 0 saturated carbocycles. The van der Waals surface area contributed by atoms with Gasteiger partial charge in [-0.2, -0.15) is 13.2 Å². The molecule has 4 rings (SSSR count). The van der Waals surface area contributed by atoms with Crippen LogP contribution in [0, 0.1) is 5.82 Å². The van der Waals surface area contributed by atoms with Gasteiger partial charge in [-0.3, -0.25) is 9.59 Å². The van der Waals surface area contributed by atoms with E-state index in [1.54, 1.807) is 35.2 Å². The third-order valence-corrected chi connectivity index (χ3v) is 5.29. The molecule has 0 radical (unpaired) electrons. The number of hydrogen-bond acceptors (Lipinski definition) is 2. The Morgan fingerprint density at radius 3 is 2.45 bits per heavy atom. The molecule has 0 unspecified atom stereocenters. The standard InChI is InChI=1S/C23H18F4N2O2/c24-18-5-6-19(20(13-18)23(25,26)27)16-3-1-15-12-17(4-2-14(15)11-16)22(31)29-9-7-21(30)28-8-10-29/h1-6,11-13H,7-10H2,(H,28,30). The van der Waals surface area contributed by atoms with Crippen LogP contribution >= 0.6 is 0 Å². The van der Waals surface area contributed by atoms with E-state index in [1.807, 2.05) is 0 Å². The van der Waals surface area contributed by atoms with Crippen molar-refractivity contribution < 1.29 is 27.2 Å². The lowest BCUT2D eigenvalue weighted by Gasteiger charge is -2.20. The smallest absolute Gasteiger partial charge is 0.354 e. The van der Waals surface area contributed by atoms with E-state index in [0.717, 1.165) is 12.1 Å². The Morgan fingerprint density at radius 2 is 1.68 bits per heavy atom. The van der Waals surface area contributed by atoms with Crippen LogP contribution in [-0.4, -0.2) is 36.3 Å². The van der Waals surface area contributed by atoms with Gasteiger partial charge in [0.2, 0.25) is 5.91 Å². The summed E-state index contributed by atoms with van der Waals surface area (Å²) >= 11 is 0. The number of benzene rings is 3. The molecule has 2 amide bonds. The zero-order chi connectivity index (χ0) is 22.2. The molecule has 0 aromatic heterocycles. The van der Waals surface area contributed by atoms with Crippen molar-refractivity contribution in [1.82, 2.24) is 10.2 Å². The van der Waals surface area contributed by atoms with Crippen molar-refractivity contribution >= 4 is 22.6 Å². The van der Waals surface area contributed by atoms with Gasteiger partial charge in [-0.25, -0.2) is 4.39 Å². The van der Waals surface area contributed by atoms with Crippen LogP contribution < -0.4 is 5.32 Å². The summed E-state index contributed by atoms with van der Waals surface area (Å²) in [6.07, 6.45) is -4.45. The highest BCUT2D eigenvalue weighted by Gasteiger charge is 2.34. The van der Waals surface area contributed by atoms with Gasteiger partial charge in [0.1, 0.15) is 5.82 Å². The first-order valence-electron chi connectivity index (χ1n) is 9.69. The molecule has 1 N–H and O–H groups in total. The SMILES string of the molecule is O=C1CCN(C(=O)c2ccc3cc(-c4ccc(F)cc4C(F)(F)F)ccc3c2)CCN1. The second-order valence-corrected chi connectivity index (χ2v) is 7.36. The number of fused-ring (bicyclic) bond motifs is 1. The lowest BCUT2D eigenvalue weighted by atomic mass is 9.96. The van der Waals surface area contributed by atoms with E-state index in [2.05, 4.69) is 5.32 Å². The van der Waals surface area contributed by atoms with Crippen LogP contribution in [0.1, 0.15) is 22.3 Å². The first-order chi connectivity index (χ1) is 14.7. The fourth-order valence-electron chi connectivity index (χ4n) is 3.70. The Balaban J connectivity index is 1.67. The van der Waals surface area contributed by atoms with Gasteiger partial charge in [-0.05, 0) is 52.2 Å². The minimum atomic E-state index is -4.69. The van der Waals surface area contributed by atoms with Crippen molar-refractivity contribution in [3.63, 3.8) is 0 Å². The van der Waals surface area contributed by atoms with E-state index >= 15 is 0 Å². The van der Waals surface area contributed by atoms with Crippen molar-refractivity contribution in [3.05, 3.63) is 71.5 Å². The van der Waals surface area contributed by atoms with E-state index in [4.69, 9.17) is 0 Å². The Hall–Kier alpha value is -3.42. The predicted molar refractivity (Wildman–Crippen MR) is 108 cm³/mol. The summed E-state index contributed by atoms with van der Waals surface area (Å²) in [7, 11) is 0. The molecule has 160 valence electrons. The molecule has 1 fully saturated rings. The average molecular weight is 430 g/mol. The Morgan fingerprint density at radius 1 is 0.935 bits per heavy atom.